The third-order valence-corrected chi connectivity index (χ3v) is 4.46. The van der Waals surface area contributed by atoms with Crippen LogP contribution in [-0.2, 0) is 22.7 Å². The summed E-state index contributed by atoms with van der Waals surface area (Å²) in [4.78, 5) is 24.7. The van der Waals surface area contributed by atoms with Gasteiger partial charge in [0.1, 0.15) is 17.9 Å². The molecule has 0 spiro atoms. The van der Waals surface area contributed by atoms with E-state index in [0.29, 0.717) is 22.3 Å². The molecule has 4 rings (SSSR count). The number of carbonyl (C=O) groups is 1. The number of hydrogen-bond donors (Lipinski definition) is 0. The summed E-state index contributed by atoms with van der Waals surface area (Å²) in [7, 11) is 0. The molecule has 0 aliphatic carbocycles. The fourth-order valence-electron chi connectivity index (χ4n) is 2.87. The van der Waals surface area contributed by atoms with E-state index in [9.17, 15) is 9.59 Å². The van der Waals surface area contributed by atoms with Gasteiger partial charge in [0.15, 0.2) is 6.73 Å². The monoisotopic (exact) mass is 371 g/mol. The summed E-state index contributed by atoms with van der Waals surface area (Å²) in [5, 5.41) is 8.76. The smallest absolute Gasteiger partial charge is 0.314 e. The number of rotatable bonds is 3. The Bertz CT molecular complexity index is 1050. The number of fused-ring (bicyclic) bond motifs is 2. The summed E-state index contributed by atoms with van der Waals surface area (Å²) in [6.07, 6.45) is 0.465. The standard InChI is InChI=1S/C18H14ClN3O4/c19-13-5-6-16-11(8-13)7-12(9-25-16)18(24)26-10-22-17(23)14-3-1-2-4-15(14)20-21-22/h1-6,8,12H,7,9-10H2/t12-/m1/s1. The first-order valence-corrected chi connectivity index (χ1v) is 8.40. The van der Waals surface area contributed by atoms with Gasteiger partial charge >= 0.3 is 5.97 Å². The van der Waals surface area contributed by atoms with Gasteiger partial charge in [0.05, 0.1) is 11.3 Å². The third kappa shape index (κ3) is 3.13. The molecule has 1 aromatic heterocycles. The Hall–Kier alpha value is -2.93. The van der Waals surface area contributed by atoms with E-state index >= 15 is 0 Å². The van der Waals surface area contributed by atoms with Gasteiger partial charge in [0.2, 0.25) is 0 Å². The van der Waals surface area contributed by atoms with Gasteiger partial charge in [0, 0.05) is 5.02 Å². The van der Waals surface area contributed by atoms with Crippen molar-refractivity contribution in [3.63, 3.8) is 0 Å². The summed E-state index contributed by atoms with van der Waals surface area (Å²) >= 11 is 5.99. The second kappa shape index (κ2) is 6.76. The molecule has 2 aromatic carbocycles. The second-order valence-corrected chi connectivity index (χ2v) is 6.40. The molecule has 132 valence electrons. The largest absolute Gasteiger partial charge is 0.492 e. The van der Waals surface area contributed by atoms with Gasteiger partial charge in [-0.05, 0) is 42.3 Å². The Morgan fingerprint density at radius 2 is 2.15 bits per heavy atom. The van der Waals surface area contributed by atoms with Gasteiger partial charge in [-0.3, -0.25) is 9.59 Å². The molecule has 1 aliphatic rings. The molecule has 26 heavy (non-hydrogen) atoms. The molecule has 0 N–H and O–H groups in total. The maximum absolute atomic E-state index is 12.3. The zero-order valence-corrected chi connectivity index (χ0v) is 14.3. The maximum Gasteiger partial charge on any atom is 0.314 e. The highest BCUT2D eigenvalue weighted by molar-refractivity contribution is 6.30. The van der Waals surface area contributed by atoms with Crippen LogP contribution in [0.5, 0.6) is 5.75 Å². The fourth-order valence-corrected chi connectivity index (χ4v) is 3.06. The van der Waals surface area contributed by atoms with Gasteiger partial charge < -0.3 is 9.47 Å². The Morgan fingerprint density at radius 3 is 3.04 bits per heavy atom. The van der Waals surface area contributed by atoms with E-state index < -0.39 is 11.9 Å². The number of halogens is 1. The average Bonchev–Trinajstić information content (AvgIpc) is 2.67. The highest BCUT2D eigenvalue weighted by atomic mass is 35.5. The van der Waals surface area contributed by atoms with Crippen LogP contribution in [-0.4, -0.2) is 27.6 Å². The molecule has 1 aliphatic heterocycles. The summed E-state index contributed by atoms with van der Waals surface area (Å²) < 4.78 is 11.9. The molecule has 0 amide bonds. The first-order chi connectivity index (χ1) is 12.6. The summed E-state index contributed by atoms with van der Waals surface area (Å²) in [5.74, 6) is -0.211. The Labute approximate surface area is 153 Å². The van der Waals surface area contributed by atoms with Gasteiger partial charge in [-0.25, -0.2) is 0 Å². The molecule has 7 nitrogen and oxygen atoms in total. The minimum atomic E-state index is -0.468. The van der Waals surface area contributed by atoms with Crippen LogP contribution in [0.2, 0.25) is 5.02 Å². The number of ether oxygens (including phenoxy) is 2. The second-order valence-electron chi connectivity index (χ2n) is 5.97. The number of aromatic nitrogens is 3. The average molecular weight is 372 g/mol. The minimum Gasteiger partial charge on any atom is -0.492 e. The lowest BCUT2D eigenvalue weighted by Crippen LogP contribution is -2.32. The lowest BCUT2D eigenvalue weighted by atomic mass is 9.97. The maximum atomic E-state index is 12.3. The SMILES string of the molecule is O=C(OCn1nnc2ccccc2c1=O)[C@H]1COc2ccc(Cl)cc2C1. The van der Waals surface area contributed by atoms with Crippen molar-refractivity contribution in [2.24, 2.45) is 5.92 Å². The molecule has 0 saturated carbocycles. The van der Waals surface area contributed by atoms with Gasteiger partial charge in [-0.2, -0.15) is 4.68 Å². The fraction of sp³-hybridized carbons (Fsp3) is 0.222. The molecular formula is C18H14ClN3O4. The van der Waals surface area contributed by atoms with E-state index in [4.69, 9.17) is 21.1 Å². The van der Waals surface area contributed by atoms with Crippen molar-refractivity contribution in [3.05, 3.63) is 63.4 Å². The van der Waals surface area contributed by atoms with E-state index in [0.717, 1.165) is 16.0 Å². The predicted molar refractivity (Wildman–Crippen MR) is 94.0 cm³/mol. The van der Waals surface area contributed by atoms with Crippen LogP contribution in [0.4, 0.5) is 0 Å². The van der Waals surface area contributed by atoms with Crippen molar-refractivity contribution >= 4 is 28.5 Å². The van der Waals surface area contributed by atoms with Crippen LogP contribution in [0, 0.1) is 5.92 Å². The number of nitrogens with zero attached hydrogens (tertiary/aromatic N) is 3. The molecular weight excluding hydrogens is 358 g/mol. The normalized spacial score (nSPS) is 16.0. The molecule has 1 atom stereocenters. The molecule has 3 aromatic rings. The van der Waals surface area contributed by atoms with Gasteiger partial charge in [-0.15, -0.1) is 5.10 Å². The number of carbonyl (C=O) groups excluding carboxylic acids is 1. The van der Waals surface area contributed by atoms with Crippen molar-refractivity contribution in [3.8, 4) is 5.75 Å². The Balaban J connectivity index is 1.46. The van der Waals surface area contributed by atoms with E-state index in [-0.39, 0.29) is 18.9 Å². The van der Waals surface area contributed by atoms with E-state index in [1.54, 1.807) is 42.5 Å². The molecule has 0 fully saturated rings. The molecule has 0 saturated heterocycles. The zero-order chi connectivity index (χ0) is 18.1. The lowest BCUT2D eigenvalue weighted by Gasteiger charge is -2.24. The third-order valence-electron chi connectivity index (χ3n) is 4.22. The van der Waals surface area contributed by atoms with Crippen LogP contribution < -0.4 is 10.3 Å². The summed E-state index contributed by atoms with van der Waals surface area (Å²) in [6.45, 7) is -0.0832. The number of benzene rings is 2. The van der Waals surface area contributed by atoms with Crippen molar-refractivity contribution in [2.45, 2.75) is 13.2 Å². The van der Waals surface area contributed by atoms with Crippen LogP contribution in [0.3, 0.4) is 0 Å². The van der Waals surface area contributed by atoms with Crippen LogP contribution >= 0.6 is 11.6 Å². The highest BCUT2D eigenvalue weighted by Gasteiger charge is 2.27. The van der Waals surface area contributed by atoms with Crippen LogP contribution in [0.1, 0.15) is 5.56 Å². The van der Waals surface area contributed by atoms with E-state index in [2.05, 4.69) is 10.3 Å². The summed E-state index contributed by atoms with van der Waals surface area (Å²) in [6, 6.07) is 12.2. The quantitative estimate of drug-likeness (QED) is 0.656. The van der Waals surface area contributed by atoms with E-state index in [1.165, 1.54) is 0 Å². The van der Waals surface area contributed by atoms with Gasteiger partial charge in [-0.1, -0.05) is 28.9 Å². The topological polar surface area (TPSA) is 83.3 Å². The molecule has 0 bridgehead atoms. The highest BCUT2D eigenvalue weighted by Crippen LogP contribution is 2.30. The first-order valence-electron chi connectivity index (χ1n) is 8.02. The number of hydrogen-bond acceptors (Lipinski definition) is 6. The molecule has 0 unspecified atom stereocenters. The van der Waals surface area contributed by atoms with Gasteiger partial charge in [0.25, 0.3) is 5.56 Å². The zero-order valence-electron chi connectivity index (χ0n) is 13.6. The van der Waals surface area contributed by atoms with Crippen molar-refractivity contribution in [1.29, 1.82) is 0 Å². The van der Waals surface area contributed by atoms with Crippen molar-refractivity contribution in [2.75, 3.05) is 6.61 Å². The van der Waals surface area contributed by atoms with Crippen LogP contribution in [0.25, 0.3) is 10.9 Å². The summed E-state index contributed by atoms with van der Waals surface area (Å²) in [5.41, 5.74) is 0.989. The molecule has 0 radical (unpaired) electrons. The van der Waals surface area contributed by atoms with Crippen LogP contribution in [0.15, 0.2) is 47.3 Å². The first kappa shape index (κ1) is 16.5. The minimum absolute atomic E-state index is 0.214. The number of esters is 1. The molecule has 2 heterocycles. The Morgan fingerprint density at radius 1 is 1.31 bits per heavy atom. The lowest BCUT2D eigenvalue weighted by molar-refractivity contribution is -0.154. The predicted octanol–water partition coefficient (Wildman–Crippen LogP) is 2.20. The van der Waals surface area contributed by atoms with Crippen molar-refractivity contribution < 1.29 is 14.3 Å². The van der Waals surface area contributed by atoms with E-state index in [1.807, 2.05) is 0 Å². The molecule has 8 heteroatoms. The Kier molecular flexibility index (Phi) is 4.30. The van der Waals surface area contributed by atoms with Crippen molar-refractivity contribution in [1.82, 2.24) is 15.0 Å².